The van der Waals surface area contributed by atoms with Gasteiger partial charge in [0.15, 0.2) is 0 Å². The molecule has 0 amide bonds. The number of nitrogens with zero attached hydrogens (tertiary/aromatic N) is 2. The van der Waals surface area contributed by atoms with Gasteiger partial charge >= 0.3 is 0 Å². The first-order valence-electron chi connectivity index (χ1n) is 7.65. The summed E-state index contributed by atoms with van der Waals surface area (Å²) in [6.07, 6.45) is 5.50. The minimum Gasteiger partial charge on any atom is -0.387 e. The number of aromatic nitrogens is 2. The van der Waals surface area contributed by atoms with Crippen molar-refractivity contribution < 1.29 is 9.84 Å². The Labute approximate surface area is 124 Å². The van der Waals surface area contributed by atoms with E-state index in [1.807, 2.05) is 22.5 Å². The Hall–Kier alpha value is -0.520. The smallest absolute Gasteiger partial charge is 0.0986 e. The van der Waals surface area contributed by atoms with E-state index in [4.69, 9.17) is 4.74 Å². The van der Waals surface area contributed by atoms with E-state index in [-0.39, 0.29) is 5.60 Å². The lowest BCUT2D eigenvalue weighted by atomic mass is 9.81. The SMILES string of the molecule is CCCn1nccc1C(O)C1CCOC2(CCSC2)C1. The molecule has 5 heteroatoms. The van der Waals surface area contributed by atoms with Gasteiger partial charge in [-0.3, -0.25) is 4.68 Å². The summed E-state index contributed by atoms with van der Waals surface area (Å²) in [4.78, 5) is 0. The molecule has 1 spiro atoms. The molecule has 2 aliphatic heterocycles. The normalized spacial score (nSPS) is 31.8. The lowest BCUT2D eigenvalue weighted by Gasteiger charge is -2.39. The van der Waals surface area contributed by atoms with Gasteiger partial charge in [-0.15, -0.1) is 0 Å². The van der Waals surface area contributed by atoms with E-state index in [1.54, 1.807) is 6.20 Å². The zero-order chi connectivity index (χ0) is 14.0. The second-order valence-electron chi connectivity index (χ2n) is 6.01. The highest BCUT2D eigenvalue weighted by Gasteiger charge is 2.42. The number of aliphatic hydroxyl groups excluding tert-OH is 1. The number of ether oxygens (including phenoxy) is 1. The Bertz CT molecular complexity index is 443. The molecule has 20 heavy (non-hydrogen) atoms. The second kappa shape index (κ2) is 6.08. The van der Waals surface area contributed by atoms with Crippen molar-refractivity contribution in [2.45, 2.75) is 50.9 Å². The molecule has 4 nitrogen and oxygen atoms in total. The third kappa shape index (κ3) is 2.76. The molecule has 0 aromatic carbocycles. The maximum atomic E-state index is 10.8. The van der Waals surface area contributed by atoms with E-state index in [0.717, 1.165) is 50.3 Å². The lowest BCUT2D eigenvalue weighted by molar-refractivity contribution is -0.103. The van der Waals surface area contributed by atoms with Crippen molar-refractivity contribution in [1.29, 1.82) is 0 Å². The van der Waals surface area contributed by atoms with Crippen LogP contribution >= 0.6 is 11.8 Å². The van der Waals surface area contributed by atoms with E-state index < -0.39 is 6.10 Å². The summed E-state index contributed by atoms with van der Waals surface area (Å²) in [7, 11) is 0. The Morgan fingerprint density at radius 2 is 2.55 bits per heavy atom. The van der Waals surface area contributed by atoms with Crippen LogP contribution in [0.15, 0.2) is 12.3 Å². The standard InChI is InChI=1S/C15H24N2O2S/c1-2-7-17-13(3-6-16-17)14(18)12-4-8-19-15(10-12)5-9-20-11-15/h3,6,12,14,18H,2,4-5,7-11H2,1H3. The summed E-state index contributed by atoms with van der Waals surface area (Å²) in [6, 6.07) is 1.96. The van der Waals surface area contributed by atoms with E-state index >= 15 is 0 Å². The van der Waals surface area contributed by atoms with Crippen LogP contribution in [0.1, 0.15) is 44.4 Å². The van der Waals surface area contributed by atoms with Gasteiger partial charge in [-0.05, 0) is 43.4 Å². The van der Waals surface area contributed by atoms with Crippen LogP contribution < -0.4 is 0 Å². The molecule has 0 saturated carbocycles. The van der Waals surface area contributed by atoms with E-state index in [9.17, 15) is 5.11 Å². The van der Waals surface area contributed by atoms with Gasteiger partial charge in [0.25, 0.3) is 0 Å². The fourth-order valence-corrected chi connectivity index (χ4v) is 4.81. The highest BCUT2D eigenvalue weighted by Crippen LogP contribution is 2.43. The number of rotatable bonds is 4. The first kappa shape index (κ1) is 14.4. The molecule has 1 N–H and O–H groups in total. The third-order valence-corrected chi connectivity index (χ3v) is 5.76. The van der Waals surface area contributed by atoms with E-state index in [2.05, 4.69) is 12.0 Å². The van der Waals surface area contributed by atoms with Crippen molar-refractivity contribution >= 4 is 11.8 Å². The molecule has 0 bridgehead atoms. The summed E-state index contributed by atoms with van der Waals surface area (Å²) in [5.41, 5.74) is 1.00. The minimum atomic E-state index is -0.407. The number of thioether (sulfide) groups is 1. The van der Waals surface area contributed by atoms with Crippen molar-refractivity contribution in [3.63, 3.8) is 0 Å². The zero-order valence-electron chi connectivity index (χ0n) is 12.1. The molecule has 2 saturated heterocycles. The summed E-state index contributed by atoms with van der Waals surface area (Å²) in [5, 5.41) is 15.1. The van der Waals surface area contributed by atoms with Crippen LogP contribution in [0, 0.1) is 5.92 Å². The summed E-state index contributed by atoms with van der Waals surface area (Å²) < 4.78 is 8.00. The molecule has 1 aromatic heterocycles. The Morgan fingerprint density at radius 3 is 3.30 bits per heavy atom. The fourth-order valence-electron chi connectivity index (χ4n) is 3.43. The Balaban J connectivity index is 1.72. The average Bonchev–Trinajstić information content (AvgIpc) is 3.09. The number of hydrogen-bond donors (Lipinski definition) is 1. The molecular formula is C15H24N2O2S. The van der Waals surface area contributed by atoms with Gasteiger partial charge in [-0.1, -0.05) is 6.92 Å². The van der Waals surface area contributed by atoms with Crippen LogP contribution in [0.5, 0.6) is 0 Å². The maximum absolute atomic E-state index is 10.8. The van der Waals surface area contributed by atoms with Gasteiger partial charge in [0.1, 0.15) is 0 Å². The van der Waals surface area contributed by atoms with Gasteiger partial charge in [-0.2, -0.15) is 16.9 Å². The van der Waals surface area contributed by atoms with E-state index in [1.165, 1.54) is 5.75 Å². The monoisotopic (exact) mass is 296 g/mol. The Kier molecular flexibility index (Phi) is 4.38. The lowest BCUT2D eigenvalue weighted by Crippen LogP contribution is -2.41. The molecule has 3 atom stereocenters. The second-order valence-corrected chi connectivity index (χ2v) is 7.12. The van der Waals surface area contributed by atoms with Gasteiger partial charge in [0.2, 0.25) is 0 Å². The van der Waals surface area contributed by atoms with Crippen LogP contribution in [0.25, 0.3) is 0 Å². The molecule has 3 heterocycles. The van der Waals surface area contributed by atoms with Gasteiger partial charge < -0.3 is 9.84 Å². The molecule has 2 aliphatic rings. The topological polar surface area (TPSA) is 47.3 Å². The molecule has 2 fully saturated rings. The van der Waals surface area contributed by atoms with Crippen LogP contribution in [0.3, 0.4) is 0 Å². The first-order valence-corrected chi connectivity index (χ1v) is 8.81. The highest BCUT2D eigenvalue weighted by molar-refractivity contribution is 7.99. The van der Waals surface area contributed by atoms with Crippen molar-refractivity contribution in [3.05, 3.63) is 18.0 Å². The fraction of sp³-hybridized carbons (Fsp3) is 0.800. The van der Waals surface area contributed by atoms with E-state index in [0.29, 0.717) is 5.92 Å². The molecule has 0 radical (unpaired) electrons. The van der Waals surface area contributed by atoms with Crippen molar-refractivity contribution in [3.8, 4) is 0 Å². The largest absolute Gasteiger partial charge is 0.387 e. The highest BCUT2D eigenvalue weighted by atomic mass is 32.2. The van der Waals surface area contributed by atoms with Crippen LogP contribution in [-0.4, -0.2) is 38.6 Å². The first-order chi connectivity index (χ1) is 9.74. The molecule has 112 valence electrons. The predicted octanol–water partition coefficient (Wildman–Crippen LogP) is 2.63. The maximum Gasteiger partial charge on any atom is 0.0986 e. The van der Waals surface area contributed by atoms with Gasteiger partial charge in [0, 0.05) is 25.1 Å². The molecule has 3 rings (SSSR count). The predicted molar refractivity (Wildman–Crippen MR) is 80.8 cm³/mol. The average molecular weight is 296 g/mol. The zero-order valence-corrected chi connectivity index (χ0v) is 12.9. The van der Waals surface area contributed by atoms with Crippen LogP contribution in [-0.2, 0) is 11.3 Å². The summed E-state index contributed by atoms with van der Waals surface area (Å²) >= 11 is 1.98. The van der Waals surface area contributed by atoms with Gasteiger partial charge in [-0.25, -0.2) is 0 Å². The Morgan fingerprint density at radius 1 is 1.65 bits per heavy atom. The molecule has 3 unspecified atom stereocenters. The van der Waals surface area contributed by atoms with Crippen LogP contribution in [0.4, 0.5) is 0 Å². The van der Waals surface area contributed by atoms with Crippen molar-refractivity contribution in [2.24, 2.45) is 5.92 Å². The van der Waals surface area contributed by atoms with Crippen molar-refractivity contribution in [2.75, 3.05) is 18.1 Å². The molecule has 0 aliphatic carbocycles. The summed E-state index contributed by atoms with van der Waals surface area (Å²) in [6.45, 7) is 3.80. The van der Waals surface area contributed by atoms with Crippen molar-refractivity contribution in [1.82, 2.24) is 9.78 Å². The molecular weight excluding hydrogens is 272 g/mol. The van der Waals surface area contributed by atoms with Gasteiger partial charge in [0.05, 0.1) is 17.4 Å². The number of hydrogen-bond acceptors (Lipinski definition) is 4. The minimum absolute atomic E-state index is 0.0319. The van der Waals surface area contributed by atoms with Crippen LogP contribution in [0.2, 0.25) is 0 Å². The number of aryl methyl sites for hydroxylation is 1. The summed E-state index contributed by atoms with van der Waals surface area (Å²) in [5.74, 6) is 2.58. The third-order valence-electron chi connectivity index (χ3n) is 4.53. The quantitative estimate of drug-likeness (QED) is 0.928. The molecule has 1 aromatic rings. The number of aliphatic hydroxyl groups is 1.